The zero-order valence-electron chi connectivity index (χ0n) is 8.76. The van der Waals surface area contributed by atoms with Gasteiger partial charge in [-0.3, -0.25) is 0 Å². The highest BCUT2D eigenvalue weighted by Crippen LogP contribution is 2.47. The highest BCUT2D eigenvalue weighted by Gasteiger charge is 2.46. The summed E-state index contributed by atoms with van der Waals surface area (Å²) in [5.74, 6) is 0. The predicted octanol–water partition coefficient (Wildman–Crippen LogP) is 1.60. The van der Waals surface area contributed by atoms with Gasteiger partial charge < -0.3 is 10.6 Å². The third-order valence-electron chi connectivity index (χ3n) is 3.74. The molecule has 1 aliphatic carbocycles. The van der Waals surface area contributed by atoms with Crippen LogP contribution in [0.3, 0.4) is 0 Å². The second-order valence-corrected chi connectivity index (χ2v) is 5.05. The van der Waals surface area contributed by atoms with Gasteiger partial charge in [-0.15, -0.1) is 0 Å². The van der Waals surface area contributed by atoms with E-state index in [1.54, 1.807) is 0 Å². The van der Waals surface area contributed by atoms with Crippen molar-refractivity contribution in [2.75, 3.05) is 19.6 Å². The van der Waals surface area contributed by atoms with Gasteiger partial charge in [-0.05, 0) is 44.2 Å². The van der Waals surface area contributed by atoms with Gasteiger partial charge in [0, 0.05) is 12.6 Å². The molecule has 1 heterocycles. The Labute approximate surface area is 81.5 Å². The first-order valence-electron chi connectivity index (χ1n) is 5.72. The second-order valence-electron chi connectivity index (χ2n) is 5.05. The topological polar surface area (TPSA) is 29.3 Å². The summed E-state index contributed by atoms with van der Waals surface area (Å²) in [6.45, 7) is 6.24. The number of rotatable bonds is 3. The molecule has 0 aromatic rings. The van der Waals surface area contributed by atoms with Crippen LogP contribution in [0.5, 0.6) is 0 Å². The van der Waals surface area contributed by atoms with E-state index in [4.69, 9.17) is 5.73 Å². The van der Waals surface area contributed by atoms with Crippen LogP contribution in [0.4, 0.5) is 0 Å². The van der Waals surface area contributed by atoms with Crippen LogP contribution in [0.25, 0.3) is 0 Å². The molecule has 2 aliphatic rings. The Morgan fingerprint density at radius 3 is 2.85 bits per heavy atom. The lowest BCUT2D eigenvalue weighted by atomic mass is 9.65. The summed E-state index contributed by atoms with van der Waals surface area (Å²) in [6.07, 6.45) is 6.67. The van der Waals surface area contributed by atoms with E-state index in [2.05, 4.69) is 11.8 Å². The number of nitrogens with zero attached hydrogens (tertiary/aromatic N) is 1. The minimum absolute atomic E-state index is 0.520. The van der Waals surface area contributed by atoms with Crippen LogP contribution >= 0.6 is 0 Å². The molecule has 1 aliphatic heterocycles. The van der Waals surface area contributed by atoms with Crippen molar-refractivity contribution in [1.29, 1.82) is 0 Å². The molecule has 2 heteroatoms. The molecule has 13 heavy (non-hydrogen) atoms. The average molecular weight is 182 g/mol. The molecule has 0 bridgehead atoms. The summed E-state index contributed by atoms with van der Waals surface area (Å²) in [5.41, 5.74) is 6.52. The predicted molar refractivity (Wildman–Crippen MR) is 55.6 cm³/mol. The SMILES string of the molecule is CCCCN1CCC2(CC(N)C2)C1. The van der Waals surface area contributed by atoms with Gasteiger partial charge in [0.1, 0.15) is 0 Å². The van der Waals surface area contributed by atoms with Gasteiger partial charge in [-0.25, -0.2) is 0 Å². The third kappa shape index (κ3) is 1.89. The molecule has 0 unspecified atom stereocenters. The van der Waals surface area contributed by atoms with E-state index >= 15 is 0 Å². The fourth-order valence-electron chi connectivity index (χ4n) is 2.99. The van der Waals surface area contributed by atoms with Crippen molar-refractivity contribution in [3.05, 3.63) is 0 Å². The standard InChI is InChI=1S/C11H22N2/c1-2-3-5-13-6-4-11(9-13)7-10(12)8-11/h10H,2-9,12H2,1H3. The lowest BCUT2D eigenvalue weighted by molar-refractivity contribution is 0.111. The maximum atomic E-state index is 5.86. The summed E-state index contributed by atoms with van der Waals surface area (Å²) in [7, 11) is 0. The molecule has 0 amide bonds. The molecule has 0 aromatic carbocycles. The number of unbranched alkanes of at least 4 members (excludes halogenated alkanes) is 1. The van der Waals surface area contributed by atoms with Crippen LogP contribution in [0.15, 0.2) is 0 Å². The van der Waals surface area contributed by atoms with Crippen molar-refractivity contribution in [2.45, 2.75) is 45.1 Å². The molecule has 0 radical (unpaired) electrons. The van der Waals surface area contributed by atoms with Gasteiger partial charge in [0.2, 0.25) is 0 Å². The van der Waals surface area contributed by atoms with Crippen LogP contribution in [0, 0.1) is 5.41 Å². The van der Waals surface area contributed by atoms with Crippen LogP contribution in [0.2, 0.25) is 0 Å². The fourth-order valence-corrected chi connectivity index (χ4v) is 2.99. The average Bonchev–Trinajstić information content (AvgIpc) is 2.45. The Morgan fingerprint density at radius 2 is 2.23 bits per heavy atom. The monoisotopic (exact) mass is 182 g/mol. The minimum Gasteiger partial charge on any atom is -0.328 e. The zero-order valence-corrected chi connectivity index (χ0v) is 8.76. The second kappa shape index (κ2) is 3.58. The van der Waals surface area contributed by atoms with E-state index in [-0.39, 0.29) is 0 Å². The number of likely N-dealkylation sites (tertiary alicyclic amines) is 1. The number of hydrogen-bond donors (Lipinski definition) is 1. The van der Waals surface area contributed by atoms with E-state index < -0.39 is 0 Å². The van der Waals surface area contributed by atoms with Crippen LogP contribution in [-0.2, 0) is 0 Å². The van der Waals surface area contributed by atoms with Crippen LogP contribution in [0.1, 0.15) is 39.0 Å². The van der Waals surface area contributed by atoms with E-state index in [0.717, 1.165) is 0 Å². The molecular weight excluding hydrogens is 160 g/mol. The lowest BCUT2D eigenvalue weighted by Crippen LogP contribution is -2.47. The van der Waals surface area contributed by atoms with E-state index in [9.17, 15) is 0 Å². The summed E-state index contributed by atoms with van der Waals surface area (Å²) < 4.78 is 0. The first-order valence-corrected chi connectivity index (χ1v) is 5.72. The van der Waals surface area contributed by atoms with Gasteiger partial charge in [-0.2, -0.15) is 0 Å². The van der Waals surface area contributed by atoms with Gasteiger partial charge >= 0.3 is 0 Å². The first-order chi connectivity index (χ1) is 6.24. The Bertz CT molecular complexity index is 173. The lowest BCUT2D eigenvalue weighted by Gasteiger charge is -2.43. The molecule has 2 rings (SSSR count). The minimum atomic E-state index is 0.520. The third-order valence-corrected chi connectivity index (χ3v) is 3.74. The molecule has 0 aromatic heterocycles. The zero-order chi connectivity index (χ0) is 9.31. The molecule has 2 N–H and O–H groups in total. The highest BCUT2D eigenvalue weighted by atomic mass is 15.2. The normalized spacial score (nSPS) is 39.7. The molecule has 1 saturated heterocycles. The summed E-state index contributed by atoms with van der Waals surface area (Å²) >= 11 is 0. The number of nitrogens with two attached hydrogens (primary N) is 1. The first kappa shape index (κ1) is 9.47. The molecule has 76 valence electrons. The quantitative estimate of drug-likeness (QED) is 0.718. The molecule has 1 spiro atoms. The number of hydrogen-bond acceptors (Lipinski definition) is 2. The van der Waals surface area contributed by atoms with Crippen molar-refractivity contribution in [3.63, 3.8) is 0 Å². The molecule has 0 atom stereocenters. The maximum absolute atomic E-state index is 5.86. The van der Waals surface area contributed by atoms with Crippen molar-refractivity contribution >= 4 is 0 Å². The Hall–Kier alpha value is -0.0800. The van der Waals surface area contributed by atoms with Gasteiger partial charge in [0.15, 0.2) is 0 Å². The van der Waals surface area contributed by atoms with Crippen molar-refractivity contribution < 1.29 is 0 Å². The van der Waals surface area contributed by atoms with Crippen molar-refractivity contribution in [1.82, 2.24) is 4.90 Å². The van der Waals surface area contributed by atoms with E-state index in [1.807, 2.05) is 0 Å². The maximum Gasteiger partial charge on any atom is 0.00503 e. The largest absolute Gasteiger partial charge is 0.328 e. The van der Waals surface area contributed by atoms with Crippen LogP contribution in [-0.4, -0.2) is 30.6 Å². The molecule has 2 nitrogen and oxygen atoms in total. The van der Waals surface area contributed by atoms with E-state index in [1.165, 1.54) is 51.7 Å². The smallest absolute Gasteiger partial charge is 0.00503 e. The molecule has 2 fully saturated rings. The molecule has 1 saturated carbocycles. The summed E-state index contributed by atoms with van der Waals surface area (Å²) in [4.78, 5) is 2.63. The van der Waals surface area contributed by atoms with Crippen molar-refractivity contribution in [2.24, 2.45) is 11.1 Å². The fraction of sp³-hybridized carbons (Fsp3) is 1.00. The molecular formula is C11H22N2. The van der Waals surface area contributed by atoms with Gasteiger partial charge in [0.25, 0.3) is 0 Å². The summed E-state index contributed by atoms with van der Waals surface area (Å²) in [5, 5.41) is 0. The Kier molecular flexibility index (Phi) is 2.61. The highest BCUT2D eigenvalue weighted by molar-refractivity contribution is 5.01. The van der Waals surface area contributed by atoms with Gasteiger partial charge in [0.05, 0.1) is 0 Å². The Balaban J connectivity index is 1.75. The van der Waals surface area contributed by atoms with Gasteiger partial charge in [-0.1, -0.05) is 13.3 Å². The van der Waals surface area contributed by atoms with Crippen LogP contribution < -0.4 is 5.73 Å². The Morgan fingerprint density at radius 1 is 1.46 bits per heavy atom. The summed E-state index contributed by atoms with van der Waals surface area (Å²) in [6, 6.07) is 0.520. The van der Waals surface area contributed by atoms with E-state index in [0.29, 0.717) is 11.5 Å². The van der Waals surface area contributed by atoms with Crippen molar-refractivity contribution in [3.8, 4) is 0 Å².